The van der Waals surface area contributed by atoms with E-state index in [1.807, 2.05) is 6.92 Å². The van der Waals surface area contributed by atoms with Gasteiger partial charge in [0.25, 0.3) is 0 Å². The molecule has 0 bridgehead atoms. The molecule has 1 N–H and O–H groups in total. The lowest BCUT2D eigenvalue weighted by Crippen LogP contribution is -2.23. The van der Waals surface area contributed by atoms with Crippen LogP contribution in [0.15, 0.2) is 5.38 Å². The van der Waals surface area contributed by atoms with Crippen molar-refractivity contribution in [2.75, 3.05) is 18.5 Å². The first-order valence-electron chi connectivity index (χ1n) is 6.61. The fourth-order valence-electron chi connectivity index (χ4n) is 2.01. The number of hydrogen-bond donors (Lipinski definition) is 1. The van der Waals surface area contributed by atoms with E-state index in [1.165, 1.54) is 11.3 Å². The van der Waals surface area contributed by atoms with Crippen LogP contribution in [0.5, 0.6) is 0 Å². The number of rotatable bonds is 5. The number of hydrogen-bond acceptors (Lipinski definition) is 6. The number of esters is 1. The fraction of sp³-hybridized carbons (Fsp3) is 0.615. The third kappa shape index (κ3) is 4.01. The number of nitrogens with one attached hydrogen (secondary N) is 1. The van der Waals surface area contributed by atoms with Crippen LogP contribution in [0, 0.1) is 5.92 Å². The summed E-state index contributed by atoms with van der Waals surface area (Å²) < 4.78 is 10.2. The Balaban J connectivity index is 1.86. The van der Waals surface area contributed by atoms with Gasteiger partial charge in [-0.1, -0.05) is 0 Å². The van der Waals surface area contributed by atoms with E-state index in [1.54, 1.807) is 12.3 Å². The van der Waals surface area contributed by atoms with Crippen molar-refractivity contribution >= 4 is 28.3 Å². The van der Waals surface area contributed by atoms with Crippen LogP contribution in [0.25, 0.3) is 0 Å². The molecule has 0 radical (unpaired) electrons. The van der Waals surface area contributed by atoms with Gasteiger partial charge in [0.2, 0.25) is 5.91 Å². The highest BCUT2D eigenvalue weighted by Gasteiger charge is 2.28. The monoisotopic (exact) mass is 298 g/mol. The lowest BCUT2D eigenvalue weighted by atomic mass is 10.1. The Morgan fingerprint density at radius 3 is 3.05 bits per heavy atom. The van der Waals surface area contributed by atoms with E-state index < -0.39 is 0 Å². The zero-order chi connectivity index (χ0) is 14.5. The molecule has 2 unspecified atom stereocenters. The Labute approximate surface area is 121 Å². The lowest BCUT2D eigenvalue weighted by Gasteiger charge is -2.06. The summed E-state index contributed by atoms with van der Waals surface area (Å²) in [6.07, 6.45) is 0.984. The van der Waals surface area contributed by atoms with Crippen LogP contribution in [0.2, 0.25) is 0 Å². The van der Waals surface area contributed by atoms with E-state index in [2.05, 4.69) is 10.3 Å². The molecule has 0 aromatic carbocycles. The van der Waals surface area contributed by atoms with Crippen molar-refractivity contribution in [3.05, 3.63) is 11.1 Å². The maximum absolute atomic E-state index is 12.0. The van der Waals surface area contributed by atoms with Crippen molar-refractivity contribution in [3.8, 4) is 0 Å². The van der Waals surface area contributed by atoms with Crippen LogP contribution < -0.4 is 5.32 Å². The minimum absolute atomic E-state index is 0.0774. The van der Waals surface area contributed by atoms with E-state index in [9.17, 15) is 9.59 Å². The number of carbonyl (C=O) groups is 2. The number of anilines is 1. The van der Waals surface area contributed by atoms with Crippen LogP contribution in [0.4, 0.5) is 5.13 Å². The van der Waals surface area contributed by atoms with E-state index in [-0.39, 0.29) is 30.3 Å². The van der Waals surface area contributed by atoms with Crippen LogP contribution in [0.3, 0.4) is 0 Å². The molecule has 6 nitrogen and oxygen atoms in total. The molecule has 0 spiro atoms. The number of carbonyl (C=O) groups excluding carboxylic acids is 2. The Morgan fingerprint density at radius 2 is 2.40 bits per heavy atom. The number of amides is 1. The summed E-state index contributed by atoms with van der Waals surface area (Å²) in [5, 5.41) is 5.02. The molecule has 2 atom stereocenters. The van der Waals surface area contributed by atoms with Crippen molar-refractivity contribution < 1.29 is 19.1 Å². The van der Waals surface area contributed by atoms with Crippen LogP contribution in [0.1, 0.15) is 26.0 Å². The number of ether oxygens (including phenoxy) is 2. The van der Waals surface area contributed by atoms with Gasteiger partial charge in [0.15, 0.2) is 5.13 Å². The van der Waals surface area contributed by atoms with E-state index in [4.69, 9.17) is 9.47 Å². The van der Waals surface area contributed by atoms with Gasteiger partial charge in [0, 0.05) is 5.38 Å². The molecule has 1 aromatic rings. The Kier molecular flexibility index (Phi) is 5.08. The zero-order valence-corrected chi connectivity index (χ0v) is 12.4. The maximum Gasteiger partial charge on any atom is 0.311 e. The highest BCUT2D eigenvalue weighted by atomic mass is 32.1. The van der Waals surface area contributed by atoms with Crippen molar-refractivity contribution in [2.45, 2.75) is 32.8 Å². The Hall–Kier alpha value is -1.47. The third-order valence-electron chi connectivity index (χ3n) is 2.98. The van der Waals surface area contributed by atoms with Crippen molar-refractivity contribution in [1.29, 1.82) is 0 Å². The molecule has 1 fully saturated rings. The summed E-state index contributed by atoms with van der Waals surface area (Å²) >= 11 is 1.31. The predicted molar refractivity (Wildman–Crippen MR) is 74.6 cm³/mol. The topological polar surface area (TPSA) is 77.5 Å². The van der Waals surface area contributed by atoms with Gasteiger partial charge < -0.3 is 14.8 Å². The molecular formula is C13H18N2O4S. The summed E-state index contributed by atoms with van der Waals surface area (Å²) in [5.41, 5.74) is 0.611. The minimum atomic E-state index is -0.311. The Morgan fingerprint density at radius 1 is 1.60 bits per heavy atom. The molecule has 1 aromatic heterocycles. The van der Waals surface area contributed by atoms with Gasteiger partial charge in [-0.25, -0.2) is 4.98 Å². The number of thiazole rings is 1. The third-order valence-corrected chi connectivity index (χ3v) is 3.79. The van der Waals surface area contributed by atoms with Gasteiger partial charge in [-0.3, -0.25) is 9.59 Å². The largest absolute Gasteiger partial charge is 0.466 e. The quantitative estimate of drug-likeness (QED) is 0.836. The molecule has 0 aliphatic carbocycles. The first-order valence-corrected chi connectivity index (χ1v) is 7.49. The normalized spacial score (nSPS) is 21.7. The molecule has 1 aliphatic rings. The number of aromatic nitrogens is 1. The summed E-state index contributed by atoms with van der Waals surface area (Å²) in [5.74, 6) is -0.512. The summed E-state index contributed by atoms with van der Waals surface area (Å²) in [4.78, 5) is 27.5. The molecule has 110 valence electrons. The standard InChI is InChI=1S/C13H18N2O4S/c1-3-18-11(16)5-10-7-20-13(14-10)15-12(17)9-4-8(2)19-6-9/h7-9H,3-6H2,1-2H3,(H,14,15,17). The van der Waals surface area contributed by atoms with Crippen LogP contribution >= 0.6 is 11.3 Å². The first kappa shape index (κ1) is 14.9. The van der Waals surface area contributed by atoms with Gasteiger partial charge in [0.1, 0.15) is 0 Å². The summed E-state index contributed by atoms with van der Waals surface area (Å²) in [6, 6.07) is 0. The van der Waals surface area contributed by atoms with Crippen molar-refractivity contribution in [2.24, 2.45) is 5.92 Å². The molecular weight excluding hydrogens is 280 g/mol. The smallest absolute Gasteiger partial charge is 0.311 e. The molecule has 2 rings (SSSR count). The number of nitrogens with zero attached hydrogens (tertiary/aromatic N) is 1. The average Bonchev–Trinajstić information content (AvgIpc) is 2.99. The fourth-order valence-corrected chi connectivity index (χ4v) is 2.73. The molecule has 1 saturated heterocycles. The van der Waals surface area contributed by atoms with Gasteiger partial charge in [-0.2, -0.15) is 0 Å². The van der Waals surface area contributed by atoms with Crippen LogP contribution in [-0.4, -0.2) is 36.2 Å². The molecule has 7 heteroatoms. The molecule has 2 heterocycles. The molecule has 0 saturated carbocycles. The minimum Gasteiger partial charge on any atom is -0.466 e. The van der Waals surface area contributed by atoms with Crippen molar-refractivity contribution in [1.82, 2.24) is 4.98 Å². The highest BCUT2D eigenvalue weighted by molar-refractivity contribution is 7.13. The molecule has 1 amide bonds. The highest BCUT2D eigenvalue weighted by Crippen LogP contribution is 2.22. The SMILES string of the molecule is CCOC(=O)Cc1csc(NC(=O)C2COC(C)C2)n1. The second-order valence-electron chi connectivity index (χ2n) is 4.69. The summed E-state index contributed by atoms with van der Waals surface area (Å²) in [6.45, 7) is 4.52. The van der Waals surface area contributed by atoms with Gasteiger partial charge in [0.05, 0.1) is 37.4 Å². The van der Waals surface area contributed by atoms with E-state index in [0.29, 0.717) is 24.0 Å². The second-order valence-corrected chi connectivity index (χ2v) is 5.55. The maximum atomic E-state index is 12.0. The van der Waals surface area contributed by atoms with Gasteiger partial charge in [-0.15, -0.1) is 11.3 Å². The lowest BCUT2D eigenvalue weighted by molar-refractivity contribution is -0.142. The van der Waals surface area contributed by atoms with Gasteiger partial charge >= 0.3 is 5.97 Å². The first-order chi connectivity index (χ1) is 9.58. The summed E-state index contributed by atoms with van der Waals surface area (Å²) in [7, 11) is 0. The molecule has 20 heavy (non-hydrogen) atoms. The predicted octanol–water partition coefficient (Wildman–Crippen LogP) is 1.61. The average molecular weight is 298 g/mol. The Bertz CT molecular complexity index is 488. The van der Waals surface area contributed by atoms with E-state index >= 15 is 0 Å². The molecule has 1 aliphatic heterocycles. The van der Waals surface area contributed by atoms with Gasteiger partial charge in [-0.05, 0) is 20.3 Å². The second kappa shape index (κ2) is 6.81. The zero-order valence-electron chi connectivity index (χ0n) is 11.5. The van der Waals surface area contributed by atoms with Crippen molar-refractivity contribution in [3.63, 3.8) is 0 Å². The van der Waals surface area contributed by atoms with Crippen LogP contribution in [-0.2, 0) is 25.5 Å². The van der Waals surface area contributed by atoms with E-state index in [0.717, 1.165) is 6.42 Å².